The summed E-state index contributed by atoms with van der Waals surface area (Å²) in [5, 5.41) is 7.41. The largest absolute Gasteiger partial charge is 0.339 e. The smallest absolute Gasteiger partial charge is 0.226 e. The zero-order chi connectivity index (χ0) is 11.2. The summed E-state index contributed by atoms with van der Waals surface area (Å²) >= 11 is 0. The second-order valence-electron chi connectivity index (χ2n) is 4.35. The second kappa shape index (κ2) is 5.80. The van der Waals surface area contributed by atoms with Crippen LogP contribution in [-0.4, -0.2) is 23.2 Å². The van der Waals surface area contributed by atoms with Crippen molar-refractivity contribution in [2.45, 2.75) is 32.1 Å². The summed E-state index contributed by atoms with van der Waals surface area (Å²) in [6.45, 7) is 5.90. The van der Waals surface area contributed by atoms with Gasteiger partial charge in [0.05, 0.1) is 0 Å². The van der Waals surface area contributed by atoms with Crippen LogP contribution in [0.5, 0.6) is 0 Å². The number of hydrogen-bond donors (Lipinski definition) is 1. The Morgan fingerprint density at radius 3 is 3.25 bits per heavy atom. The first kappa shape index (κ1) is 11.3. The monoisotopic (exact) mass is 221 g/mol. The van der Waals surface area contributed by atoms with E-state index in [2.05, 4.69) is 22.0 Å². The third-order valence-electron chi connectivity index (χ3n) is 2.94. The van der Waals surface area contributed by atoms with Crippen molar-refractivity contribution in [1.29, 1.82) is 0 Å². The van der Waals surface area contributed by atoms with Gasteiger partial charge >= 0.3 is 0 Å². The molecule has 4 heteroatoms. The fourth-order valence-electron chi connectivity index (χ4n) is 2.06. The molecule has 0 aliphatic carbocycles. The molecule has 1 aromatic heterocycles. The zero-order valence-corrected chi connectivity index (χ0v) is 9.61. The van der Waals surface area contributed by atoms with Crippen LogP contribution in [0.25, 0.3) is 0 Å². The lowest BCUT2D eigenvalue weighted by Gasteiger charge is -2.20. The van der Waals surface area contributed by atoms with Crippen molar-refractivity contribution in [3.8, 4) is 0 Å². The highest BCUT2D eigenvalue weighted by atomic mass is 16.5. The van der Waals surface area contributed by atoms with Gasteiger partial charge in [-0.05, 0) is 38.3 Å². The van der Waals surface area contributed by atoms with Crippen molar-refractivity contribution in [2.24, 2.45) is 5.92 Å². The molecule has 88 valence electrons. The maximum atomic E-state index is 5.18. The van der Waals surface area contributed by atoms with Crippen LogP contribution in [0.15, 0.2) is 17.2 Å². The quantitative estimate of drug-likeness (QED) is 0.769. The van der Waals surface area contributed by atoms with Gasteiger partial charge in [0.2, 0.25) is 5.89 Å². The van der Waals surface area contributed by atoms with Crippen molar-refractivity contribution in [2.75, 3.05) is 13.1 Å². The Morgan fingerprint density at radius 2 is 2.50 bits per heavy atom. The molecule has 0 spiro atoms. The van der Waals surface area contributed by atoms with E-state index < -0.39 is 0 Å². The molecule has 1 unspecified atom stereocenters. The number of rotatable bonds is 5. The van der Waals surface area contributed by atoms with E-state index in [1.807, 2.05) is 6.08 Å². The molecule has 1 aliphatic heterocycles. The molecule has 0 saturated carbocycles. The van der Waals surface area contributed by atoms with Crippen molar-refractivity contribution in [3.05, 3.63) is 24.4 Å². The van der Waals surface area contributed by atoms with E-state index in [1.54, 1.807) is 0 Å². The van der Waals surface area contributed by atoms with Crippen molar-refractivity contribution in [1.82, 2.24) is 15.5 Å². The Labute approximate surface area is 96.1 Å². The molecule has 2 rings (SSSR count). The van der Waals surface area contributed by atoms with Crippen LogP contribution in [0, 0.1) is 5.92 Å². The van der Waals surface area contributed by atoms with Gasteiger partial charge in [-0.3, -0.25) is 0 Å². The molecule has 1 atom stereocenters. The maximum Gasteiger partial charge on any atom is 0.226 e. The van der Waals surface area contributed by atoms with Gasteiger partial charge in [0.15, 0.2) is 5.82 Å². The van der Waals surface area contributed by atoms with E-state index in [0.29, 0.717) is 5.92 Å². The molecule has 2 heterocycles. The summed E-state index contributed by atoms with van der Waals surface area (Å²) in [5.41, 5.74) is 0. The van der Waals surface area contributed by atoms with Gasteiger partial charge in [0.25, 0.3) is 0 Å². The topological polar surface area (TPSA) is 51.0 Å². The van der Waals surface area contributed by atoms with E-state index in [1.165, 1.54) is 12.8 Å². The van der Waals surface area contributed by atoms with Crippen molar-refractivity contribution >= 4 is 0 Å². The lowest BCUT2D eigenvalue weighted by Crippen LogP contribution is -2.31. The molecular weight excluding hydrogens is 202 g/mol. The van der Waals surface area contributed by atoms with Crippen LogP contribution in [0.2, 0.25) is 0 Å². The third kappa shape index (κ3) is 3.17. The number of aromatic nitrogens is 2. The highest BCUT2D eigenvalue weighted by Gasteiger charge is 2.16. The molecule has 0 aromatic carbocycles. The number of aryl methyl sites for hydroxylation is 1. The Balaban J connectivity index is 1.83. The first-order valence-electron chi connectivity index (χ1n) is 6.01. The summed E-state index contributed by atoms with van der Waals surface area (Å²) in [4.78, 5) is 4.39. The summed E-state index contributed by atoms with van der Waals surface area (Å²) in [6, 6.07) is 0. The van der Waals surface area contributed by atoms with Gasteiger partial charge in [-0.15, -0.1) is 6.58 Å². The second-order valence-corrected chi connectivity index (χ2v) is 4.35. The fourth-order valence-corrected chi connectivity index (χ4v) is 2.06. The van der Waals surface area contributed by atoms with E-state index in [-0.39, 0.29) is 0 Å². The SMILES string of the molecule is C=CCCc1nc(CC2CCCNC2)no1. The van der Waals surface area contributed by atoms with Gasteiger partial charge in [0.1, 0.15) is 0 Å². The average Bonchev–Trinajstić information content (AvgIpc) is 2.75. The number of piperidine rings is 1. The Morgan fingerprint density at radius 1 is 1.56 bits per heavy atom. The van der Waals surface area contributed by atoms with E-state index >= 15 is 0 Å². The van der Waals surface area contributed by atoms with Gasteiger partial charge in [0, 0.05) is 12.8 Å². The van der Waals surface area contributed by atoms with Crippen LogP contribution in [0.3, 0.4) is 0 Å². The van der Waals surface area contributed by atoms with E-state index in [0.717, 1.165) is 44.1 Å². The van der Waals surface area contributed by atoms with Gasteiger partial charge < -0.3 is 9.84 Å². The van der Waals surface area contributed by atoms with E-state index in [9.17, 15) is 0 Å². The molecule has 1 saturated heterocycles. The first-order valence-corrected chi connectivity index (χ1v) is 6.01. The van der Waals surface area contributed by atoms with Crippen LogP contribution in [0.1, 0.15) is 31.0 Å². The average molecular weight is 221 g/mol. The molecule has 1 N–H and O–H groups in total. The number of nitrogens with zero attached hydrogens (tertiary/aromatic N) is 2. The minimum atomic E-state index is 0.665. The van der Waals surface area contributed by atoms with E-state index in [4.69, 9.17) is 4.52 Å². The van der Waals surface area contributed by atoms with Gasteiger partial charge in [-0.25, -0.2) is 0 Å². The van der Waals surface area contributed by atoms with Crippen LogP contribution in [0.4, 0.5) is 0 Å². The third-order valence-corrected chi connectivity index (χ3v) is 2.94. The Hall–Kier alpha value is -1.16. The summed E-state index contributed by atoms with van der Waals surface area (Å²) in [5.74, 6) is 2.25. The molecule has 4 nitrogen and oxygen atoms in total. The molecule has 1 aromatic rings. The Bertz CT molecular complexity index is 329. The molecule has 0 amide bonds. The normalized spacial score (nSPS) is 20.9. The van der Waals surface area contributed by atoms with Gasteiger partial charge in [-0.1, -0.05) is 11.2 Å². The standard InChI is InChI=1S/C12H19N3O/c1-2-3-6-12-14-11(15-16-12)8-10-5-4-7-13-9-10/h2,10,13H,1,3-9H2. The van der Waals surface area contributed by atoms with Crippen LogP contribution < -0.4 is 5.32 Å². The van der Waals surface area contributed by atoms with Crippen molar-refractivity contribution in [3.63, 3.8) is 0 Å². The van der Waals surface area contributed by atoms with Crippen LogP contribution >= 0.6 is 0 Å². The highest BCUT2D eigenvalue weighted by Crippen LogP contribution is 2.14. The number of nitrogens with one attached hydrogen (secondary N) is 1. The molecule has 0 radical (unpaired) electrons. The molecule has 1 fully saturated rings. The summed E-state index contributed by atoms with van der Waals surface area (Å²) in [6.07, 6.45) is 7.03. The highest BCUT2D eigenvalue weighted by molar-refractivity contribution is 4.91. The fraction of sp³-hybridized carbons (Fsp3) is 0.667. The minimum absolute atomic E-state index is 0.665. The Kier molecular flexibility index (Phi) is 4.10. The van der Waals surface area contributed by atoms with Crippen LogP contribution in [-0.2, 0) is 12.8 Å². The molecule has 0 bridgehead atoms. The summed E-state index contributed by atoms with van der Waals surface area (Å²) in [7, 11) is 0. The zero-order valence-electron chi connectivity index (χ0n) is 9.61. The van der Waals surface area contributed by atoms with Gasteiger partial charge in [-0.2, -0.15) is 4.98 Å². The maximum absolute atomic E-state index is 5.18. The predicted octanol–water partition coefficient (Wildman–Crippen LogP) is 1.73. The number of hydrogen-bond acceptors (Lipinski definition) is 4. The predicted molar refractivity (Wildman–Crippen MR) is 62.1 cm³/mol. The lowest BCUT2D eigenvalue weighted by atomic mass is 9.96. The number of allylic oxidation sites excluding steroid dienone is 1. The summed E-state index contributed by atoms with van der Waals surface area (Å²) < 4.78 is 5.18. The van der Waals surface area contributed by atoms with Crippen molar-refractivity contribution < 1.29 is 4.52 Å². The molecular formula is C12H19N3O. The minimum Gasteiger partial charge on any atom is -0.339 e. The molecule has 1 aliphatic rings. The first-order chi connectivity index (χ1) is 7.88. The lowest BCUT2D eigenvalue weighted by molar-refractivity contribution is 0.349. The molecule has 16 heavy (non-hydrogen) atoms.